The molecule has 0 saturated carbocycles. The van der Waals surface area contributed by atoms with E-state index in [1.54, 1.807) is 0 Å². The van der Waals surface area contributed by atoms with Crippen LogP contribution in [-0.4, -0.2) is 24.1 Å². The van der Waals surface area contributed by atoms with Crippen LogP contribution in [0.3, 0.4) is 0 Å². The van der Waals surface area contributed by atoms with E-state index in [1.807, 2.05) is 0 Å². The Balaban J connectivity index is 2.29. The smallest absolute Gasteiger partial charge is 0.0201 e. The Hall–Kier alpha value is 0.310. The minimum atomic E-state index is 0.764. The average Bonchev–Trinajstić information content (AvgIpc) is 2.15. The van der Waals surface area contributed by atoms with Crippen LogP contribution in [0.25, 0.3) is 0 Å². The molecule has 0 aromatic heterocycles. The molecular weight excluding hydrogens is 166 g/mol. The second-order valence-corrected chi connectivity index (χ2v) is 4.94. The van der Waals surface area contributed by atoms with Crippen LogP contribution in [0, 0.1) is 0 Å². The molecule has 1 aliphatic rings. The second kappa shape index (κ2) is 5.87. The van der Waals surface area contributed by atoms with Gasteiger partial charge in [0.15, 0.2) is 0 Å². The largest absolute Gasteiger partial charge is 0.316 e. The molecule has 1 saturated heterocycles. The summed E-state index contributed by atoms with van der Waals surface area (Å²) in [5.74, 6) is 1.38. The quantitative estimate of drug-likeness (QED) is 0.726. The zero-order valence-corrected chi connectivity index (χ0v) is 9.12. The Kier molecular flexibility index (Phi) is 5.08. The normalized spacial score (nSPS) is 27.0. The predicted molar refractivity (Wildman–Crippen MR) is 57.9 cm³/mol. The molecule has 12 heavy (non-hydrogen) atoms. The van der Waals surface area contributed by atoms with Crippen LogP contribution >= 0.6 is 11.8 Å². The van der Waals surface area contributed by atoms with Crippen molar-refractivity contribution in [2.45, 2.75) is 50.3 Å². The Morgan fingerprint density at radius 3 is 2.83 bits per heavy atom. The van der Waals surface area contributed by atoms with E-state index in [-0.39, 0.29) is 0 Å². The molecule has 1 fully saturated rings. The van der Waals surface area contributed by atoms with Gasteiger partial charge in [-0.3, -0.25) is 0 Å². The van der Waals surface area contributed by atoms with E-state index in [9.17, 15) is 0 Å². The van der Waals surface area contributed by atoms with Crippen molar-refractivity contribution in [1.29, 1.82) is 0 Å². The van der Waals surface area contributed by atoms with E-state index in [0.717, 1.165) is 11.3 Å². The highest BCUT2D eigenvalue weighted by Crippen LogP contribution is 2.28. The van der Waals surface area contributed by atoms with Crippen LogP contribution in [0.1, 0.15) is 39.0 Å². The maximum Gasteiger partial charge on any atom is 0.0201 e. The fourth-order valence-corrected chi connectivity index (χ4v) is 3.42. The Morgan fingerprint density at radius 2 is 2.33 bits per heavy atom. The molecular formula is C10H21NS. The highest BCUT2D eigenvalue weighted by molar-refractivity contribution is 8.00. The predicted octanol–water partition coefficient (Wildman–Crippen LogP) is 2.66. The summed E-state index contributed by atoms with van der Waals surface area (Å²) in [7, 11) is 2.11. The molecule has 0 bridgehead atoms. The summed E-state index contributed by atoms with van der Waals surface area (Å²) in [6, 6.07) is 0.764. The average molecular weight is 187 g/mol. The van der Waals surface area contributed by atoms with Crippen molar-refractivity contribution in [3.8, 4) is 0 Å². The molecule has 1 nitrogen and oxygen atoms in total. The molecule has 0 radical (unpaired) electrons. The van der Waals surface area contributed by atoms with Crippen LogP contribution in [0.2, 0.25) is 0 Å². The molecule has 1 heterocycles. The van der Waals surface area contributed by atoms with Crippen molar-refractivity contribution in [1.82, 2.24) is 5.32 Å². The molecule has 0 spiro atoms. The van der Waals surface area contributed by atoms with Gasteiger partial charge in [0.1, 0.15) is 0 Å². The first kappa shape index (κ1) is 10.4. The summed E-state index contributed by atoms with van der Waals surface area (Å²) in [4.78, 5) is 0. The zero-order chi connectivity index (χ0) is 8.81. The fraction of sp³-hybridized carbons (Fsp3) is 1.00. The lowest BCUT2D eigenvalue weighted by atomic mass is 10.0. The third-order valence-corrected chi connectivity index (χ3v) is 4.15. The van der Waals surface area contributed by atoms with Crippen LogP contribution in [-0.2, 0) is 0 Å². The number of hydrogen-bond acceptors (Lipinski definition) is 2. The van der Waals surface area contributed by atoms with Crippen molar-refractivity contribution >= 4 is 11.8 Å². The third-order valence-electron chi connectivity index (χ3n) is 2.63. The number of rotatable bonds is 4. The Bertz CT molecular complexity index is 108. The molecule has 0 aliphatic carbocycles. The fourth-order valence-electron chi connectivity index (χ4n) is 1.91. The summed E-state index contributed by atoms with van der Waals surface area (Å²) in [5, 5.41) is 4.34. The van der Waals surface area contributed by atoms with Gasteiger partial charge in [-0.05, 0) is 32.1 Å². The maximum absolute atomic E-state index is 3.45. The van der Waals surface area contributed by atoms with Gasteiger partial charge >= 0.3 is 0 Å². The summed E-state index contributed by atoms with van der Waals surface area (Å²) >= 11 is 2.17. The standard InChI is InChI=1S/C10H21NS/c1-3-6-9(11-2)10-7-4-5-8-12-10/h9-11H,3-8H2,1-2H3. The van der Waals surface area contributed by atoms with Crippen LogP contribution < -0.4 is 5.32 Å². The molecule has 2 heteroatoms. The molecule has 0 aromatic carbocycles. The zero-order valence-electron chi connectivity index (χ0n) is 8.31. The SMILES string of the molecule is CCCC(NC)C1CCCCS1. The van der Waals surface area contributed by atoms with Crippen LogP contribution in [0.4, 0.5) is 0 Å². The number of nitrogens with one attached hydrogen (secondary N) is 1. The van der Waals surface area contributed by atoms with E-state index in [4.69, 9.17) is 0 Å². The first-order chi connectivity index (χ1) is 5.88. The Labute approximate surface area is 80.7 Å². The minimum absolute atomic E-state index is 0.764. The molecule has 0 amide bonds. The summed E-state index contributed by atoms with van der Waals surface area (Å²) < 4.78 is 0. The molecule has 1 rings (SSSR count). The molecule has 2 atom stereocenters. The number of thioether (sulfide) groups is 1. The van der Waals surface area contributed by atoms with E-state index in [0.29, 0.717) is 0 Å². The minimum Gasteiger partial charge on any atom is -0.316 e. The lowest BCUT2D eigenvalue weighted by Crippen LogP contribution is -2.36. The summed E-state index contributed by atoms with van der Waals surface area (Å²) in [5.41, 5.74) is 0. The third kappa shape index (κ3) is 2.98. The van der Waals surface area contributed by atoms with Gasteiger partial charge in [-0.25, -0.2) is 0 Å². The van der Waals surface area contributed by atoms with Gasteiger partial charge in [0.25, 0.3) is 0 Å². The second-order valence-electron chi connectivity index (χ2n) is 3.59. The molecule has 1 aliphatic heterocycles. The van der Waals surface area contributed by atoms with Crippen molar-refractivity contribution in [2.24, 2.45) is 0 Å². The van der Waals surface area contributed by atoms with Gasteiger partial charge in [0.05, 0.1) is 0 Å². The molecule has 1 N–H and O–H groups in total. The highest BCUT2D eigenvalue weighted by Gasteiger charge is 2.21. The van der Waals surface area contributed by atoms with Crippen LogP contribution in [0.15, 0.2) is 0 Å². The van der Waals surface area contributed by atoms with Crippen LogP contribution in [0.5, 0.6) is 0 Å². The van der Waals surface area contributed by atoms with Crippen molar-refractivity contribution in [3.05, 3.63) is 0 Å². The van der Waals surface area contributed by atoms with Gasteiger partial charge in [0, 0.05) is 11.3 Å². The topological polar surface area (TPSA) is 12.0 Å². The van der Waals surface area contributed by atoms with E-state index in [1.165, 1.54) is 37.9 Å². The lowest BCUT2D eigenvalue weighted by molar-refractivity contribution is 0.466. The van der Waals surface area contributed by atoms with E-state index in [2.05, 4.69) is 31.1 Å². The first-order valence-electron chi connectivity index (χ1n) is 5.17. The van der Waals surface area contributed by atoms with Gasteiger partial charge in [-0.15, -0.1) is 0 Å². The Morgan fingerprint density at radius 1 is 1.50 bits per heavy atom. The molecule has 0 aromatic rings. The first-order valence-corrected chi connectivity index (χ1v) is 6.22. The van der Waals surface area contributed by atoms with Gasteiger partial charge in [0.2, 0.25) is 0 Å². The van der Waals surface area contributed by atoms with Crippen molar-refractivity contribution in [3.63, 3.8) is 0 Å². The van der Waals surface area contributed by atoms with Gasteiger partial charge < -0.3 is 5.32 Å². The van der Waals surface area contributed by atoms with Gasteiger partial charge in [-0.2, -0.15) is 11.8 Å². The lowest BCUT2D eigenvalue weighted by Gasteiger charge is -2.29. The molecule has 2 unspecified atom stereocenters. The number of hydrogen-bond donors (Lipinski definition) is 1. The van der Waals surface area contributed by atoms with Crippen molar-refractivity contribution < 1.29 is 0 Å². The monoisotopic (exact) mass is 187 g/mol. The maximum atomic E-state index is 3.45. The van der Waals surface area contributed by atoms with Gasteiger partial charge in [-0.1, -0.05) is 19.8 Å². The van der Waals surface area contributed by atoms with E-state index < -0.39 is 0 Å². The summed E-state index contributed by atoms with van der Waals surface area (Å²) in [6.45, 7) is 2.28. The highest BCUT2D eigenvalue weighted by atomic mass is 32.2. The van der Waals surface area contributed by atoms with E-state index >= 15 is 0 Å². The summed E-state index contributed by atoms with van der Waals surface area (Å²) in [6.07, 6.45) is 6.95. The van der Waals surface area contributed by atoms with Crippen molar-refractivity contribution in [2.75, 3.05) is 12.8 Å². The molecule has 72 valence electrons.